The molecule has 2 rings (SSSR count). The average Bonchev–Trinajstić information content (AvgIpc) is 2.69. The third-order valence-corrected chi connectivity index (χ3v) is 4.52. The van der Waals surface area contributed by atoms with Gasteiger partial charge in [0.25, 0.3) is 0 Å². The van der Waals surface area contributed by atoms with E-state index in [1.54, 1.807) is 26.2 Å². The normalized spacial score (nSPS) is 17.2. The molecule has 9 heteroatoms. The summed E-state index contributed by atoms with van der Waals surface area (Å²) in [6.07, 6.45) is 3.22. The Labute approximate surface area is 170 Å². The Hall–Kier alpha value is -2.42. The molecule has 1 aromatic carbocycles. The van der Waals surface area contributed by atoms with E-state index in [1.807, 2.05) is 6.92 Å². The van der Waals surface area contributed by atoms with Crippen molar-refractivity contribution < 1.29 is 23.0 Å². The predicted octanol–water partition coefficient (Wildman–Crippen LogP) is 2.29. The molecule has 0 radical (unpaired) electrons. The summed E-state index contributed by atoms with van der Waals surface area (Å²) >= 11 is 0. The van der Waals surface area contributed by atoms with Gasteiger partial charge in [-0.15, -0.1) is 0 Å². The number of rotatable bonds is 8. The van der Waals surface area contributed by atoms with Crippen LogP contribution >= 0.6 is 0 Å². The standard InChI is InChI=1S/C20H30F2N4O3/c1-14-7-8-17(29-19(21)22)15(10-14)11-23-20(25-13-18(27)26(2)3)24-12-16-6-4-5-9-28-16/h7-8,10,16,19H,4-6,9,11-13H2,1-3H3,(H2,23,24,25). The molecule has 1 heterocycles. The van der Waals surface area contributed by atoms with Crippen molar-refractivity contribution in [3.8, 4) is 5.75 Å². The lowest BCUT2D eigenvalue weighted by Crippen LogP contribution is -2.45. The lowest BCUT2D eigenvalue weighted by molar-refractivity contribution is -0.127. The Kier molecular flexibility index (Phi) is 9.11. The maximum atomic E-state index is 12.7. The van der Waals surface area contributed by atoms with Gasteiger partial charge in [0.1, 0.15) is 5.75 Å². The van der Waals surface area contributed by atoms with Crippen LogP contribution in [0.15, 0.2) is 23.2 Å². The fraction of sp³-hybridized carbons (Fsp3) is 0.600. The number of carbonyl (C=O) groups is 1. The van der Waals surface area contributed by atoms with Gasteiger partial charge < -0.3 is 25.0 Å². The number of nitrogens with zero attached hydrogens (tertiary/aromatic N) is 2. The highest BCUT2D eigenvalue weighted by molar-refractivity contribution is 5.86. The molecule has 1 amide bonds. The molecule has 1 aliphatic rings. The lowest BCUT2D eigenvalue weighted by atomic mass is 10.1. The Morgan fingerprint density at radius 3 is 2.79 bits per heavy atom. The van der Waals surface area contributed by atoms with Crippen molar-refractivity contribution in [2.75, 3.05) is 33.8 Å². The van der Waals surface area contributed by atoms with Crippen molar-refractivity contribution in [3.05, 3.63) is 29.3 Å². The fourth-order valence-electron chi connectivity index (χ4n) is 2.88. The van der Waals surface area contributed by atoms with Crippen molar-refractivity contribution in [2.24, 2.45) is 4.99 Å². The van der Waals surface area contributed by atoms with Gasteiger partial charge in [0.05, 0.1) is 19.2 Å². The van der Waals surface area contributed by atoms with Crippen molar-refractivity contribution in [3.63, 3.8) is 0 Å². The summed E-state index contributed by atoms with van der Waals surface area (Å²) < 4.78 is 35.6. The van der Waals surface area contributed by atoms with Gasteiger partial charge >= 0.3 is 6.61 Å². The zero-order valence-electron chi connectivity index (χ0n) is 17.2. The predicted molar refractivity (Wildman–Crippen MR) is 107 cm³/mol. The molecule has 0 aliphatic carbocycles. The summed E-state index contributed by atoms with van der Waals surface area (Å²) in [6.45, 7) is 0.447. The van der Waals surface area contributed by atoms with Crippen LogP contribution in [0.25, 0.3) is 0 Å². The minimum atomic E-state index is -2.91. The second-order valence-electron chi connectivity index (χ2n) is 7.17. The van der Waals surface area contributed by atoms with Crippen molar-refractivity contribution in [2.45, 2.75) is 45.4 Å². The molecule has 1 fully saturated rings. The molecule has 29 heavy (non-hydrogen) atoms. The highest BCUT2D eigenvalue weighted by atomic mass is 19.3. The van der Waals surface area contributed by atoms with Crippen molar-refractivity contribution in [1.82, 2.24) is 15.5 Å². The average molecular weight is 412 g/mol. The highest BCUT2D eigenvalue weighted by Gasteiger charge is 2.15. The maximum absolute atomic E-state index is 12.7. The number of ether oxygens (including phenoxy) is 2. The van der Waals surface area contributed by atoms with Crippen LogP contribution in [-0.4, -0.2) is 63.3 Å². The summed E-state index contributed by atoms with van der Waals surface area (Å²) in [4.78, 5) is 17.8. The first-order chi connectivity index (χ1) is 13.8. The zero-order chi connectivity index (χ0) is 21.2. The van der Waals surface area contributed by atoms with Crippen LogP contribution in [0.1, 0.15) is 30.4 Å². The number of amides is 1. The quantitative estimate of drug-likeness (QED) is 0.506. The van der Waals surface area contributed by atoms with Gasteiger partial charge in [-0.1, -0.05) is 17.7 Å². The van der Waals surface area contributed by atoms with E-state index in [0.29, 0.717) is 18.1 Å². The van der Waals surface area contributed by atoms with Crippen molar-refractivity contribution in [1.29, 1.82) is 0 Å². The fourth-order valence-corrected chi connectivity index (χ4v) is 2.88. The van der Waals surface area contributed by atoms with Crippen LogP contribution in [0.3, 0.4) is 0 Å². The van der Waals surface area contributed by atoms with Gasteiger partial charge in [-0.2, -0.15) is 8.78 Å². The van der Waals surface area contributed by atoms with E-state index in [4.69, 9.17) is 4.74 Å². The summed E-state index contributed by atoms with van der Waals surface area (Å²) in [6, 6.07) is 4.98. The number of likely N-dealkylation sites (N-methyl/N-ethyl adjacent to an activating group) is 1. The topological polar surface area (TPSA) is 75.2 Å². The van der Waals surface area contributed by atoms with Crippen molar-refractivity contribution >= 4 is 11.9 Å². The number of hydrogen-bond acceptors (Lipinski definition) is 4. The number of benzene rings is 1. The molecule has 0 saturated carbocycles. The number of carbonyl (C=O) groups excluding carboxylic acids is 1. The number of halogens is 2. The molecule has 2 N–H and O–H groups in total. The Morgan fingerprint density at radius 2 is 2.14 bits per heavy atom. The van der Waals surface area contributed by atoms with Gasteiger partial charge in [-0.25, -0.2) is 4.99 Å². The molecular formula is C20H30F2N4O3. The molecule has 1 unspecified atom stereocenters. The molecule has 0 bridgehead atoms. The molecule has 1 aliphatic heterocycles. The Balaban J connectivity index is 2.08. The van der Waals surface area contributed by atoms with Gasteiger partial charge in [-0.3, -0.25) is 4.79 Å². The van der Waals surface area contributed by atoms with E-state index in [0.717, 1.165) is 31.4 Å². The van der Waals surface area contributed by atoms with Gasteiger partial charge in [0.2, 0.25) is 5.91 Å². The Bertz CT molecular complexity index is 692. The van der Waals surface area contributed by atoms with Crippen LogP contribution < -0.4 is 15.4 Å². The summed E-state index contributed by atoms with van der Waals surface area (Å²) in [5.41, 5.74) is 1.46. The third kappa shape index (κ3) is 8.23. The van der Waals surface area contributed by atoms with Crippen LogP contribution in [0, 0.1) is 6.92 Å². The second-order valence-corrected chi connectivity index (χ2v) is 7.17. The first kappa shape index (κ1) is 22.9. The number of aryl methyl sites for hydroxylation is 1. The second kappa shape index (κ2) is 11.5. The molecule has 1 saturated heterocycles. The van der Waals surface area contributed by atoms with Gasteiger partial charge in [0.15, 0.2) is 5.96 Å². The van der Waals surface area contributed by atoms with E-state index < -0.39 is 6.61 Å². The first-order valence-corrected chi connectivity index (χ1v) is 9.73. The smallest absolute Gasteiger partial charge is 0.387 e. The number of nitrogens with one attached hydrogen (secondary N) is 2. The van der Waals surface area contributed by atoms with E-state index in [2.05, 4.69) is 20.4 Å². The largest absolute Gasteiger partial charge is 0.434 e. The van der Waals surface area contributed by atoms with Crippen LogP contribution in [0.5, 0.6) is 5.75 Å². The third-order valence-electron chi connectivity index (χ3n) is 4.52. The monoisotopic (exact) mass is 412 g/mol. The van der Waals surface area contributed by atoms with Crippen LogP contribution in [-0.2, 0) is 16.1 Å². The molecule has 162 valence electrons. The number of aliphatic imine (C=N–C) groups is 1. The number of guanidine groups is 1. The van der Waals surface area contributed by atoms with E-state index in [9.17, 15) is 13.6 Å². The lowest BCUT2D eigenvalue weighted by Gasteiger charge is -2.24. The summed E-state index contributed by atoms with van der Waals surface area (Å²) in [5.74, 6) is 0.401. The van der Waals surface area contributed by atoms with E-state index in [-0.39, 0.29) is 30.9 Å². The first-order valence-electron chi connectivity index (χ1n) is 9.73. The number of alkyl halides is 2. The molecule has 1 aromatic rings. The van der Waals surface area contributed by atoms with Crippen LogP contribution in [0.4, 0.5) is 8.78 Å². The maximum Gasteiger partial charge on any atom is 0.387 e. The summed E-state index contributed by atoms with van der Waals surface area (Å²) in [5, 5.41) is 6.17. The summed E-state index contributed by atoms with van der Waals surface area (Å²) in [7, 11) is 3.34. The van der Waals surface area contributed by atoms with E-state index >= 15 is 0 Å². The van der Waals surface area contributed by atoms with Gasteiger partial charge in [-0.05, 0) is 32.3 Å². The number of hydrogen-bond donors (Lipinski definition) is 2. The molecule has 1 atom stereocenters. The minimum absolute atomic E-state index is 0.0680. The van der Waals surface area contributed by atoms with E-state index in [1.165, 1.54) is 11.0 Å². The van der Waals surface area contributed by atoms with Gasteiger partial charge in [0, 0.05) is 32.8 Å². The van der Waals surface area contributed by atoms with Crippen LogP contribution in [0.2, 0.25) is 0 Å². The highest BCUT2D eigenvalue weighted by Crippen LogP contribution is 2.23. The minimum Gasteiger partial charge on any atom is -0.434 e. The SMILES string of the molecule is Cc1ccc(OC(F)F)c(CN=C(NCC(=O)N(C)C)NCC2CCCCO2)c1. The molecular weight excluding hydrogens is 382 g/mol. The molecule has 0 aromatic heterocycles. The molecule has 0 spiro atoms. The zero-order valence-corrected chi connectivity index (χ0v) is 17.2. The molecule has 7 nitrogen and oxygen atoms in total. The Morgan fingerprint density at radius 1 is 1.34 bits per heavy atom.